The number of amides is 1. The summed E-state index contributed by atoms with van der Waals surface area (Å²) in [6.07, 6.45) is 0.951. The quantitative estimate of drug-likeness (QED) is 0.626. The minimum atomic E-state index is -0.464. The molecule has 0 aromatic heterocycles. The molecule has 13 heavy (non-hydrogen) atoms. The molecule has 0 rings (SSSR count). The number of hydrogen-bond donors (Lipinski definition) is 0. The molecule has 0 bridgehead atoms. The summed E-state index contributed by atoms with van der Waals surface area (Å²) in [7, 11) is 1.53. The highest BCUT2D eigenvalue weighted by Gasteiger charge is 2.22. The lowest BCUT2D eigenvalue weighted by Crippen LogP contribution is -2.36. The van der Waals surface area contributed by atoms with E-state index in [4.69, 9.17) is 4.74 Å². The van der Waals surface area contributed by atoms with Gasteiger partial charge in [0.25, 0.3) is 0 Å². The Bertz CT molecular complexity index is 189. The molecule has 0 aliphatic heterocycles. The molecule has 0 aromatic carbocycles. The lowest BCUT2D eigenvalue weighted by Gasteiger charge is -2.26. The molecular weight excluding hydrogens is 170 g/mol. The molecular formula is C9H17NO3. The molecule has 0 radical (unpaired) electrons. The van der Waals surface area contributed by atoms with Crippen LogP contribution in [0.3, 0.4) is 0 Å². The maximum absolute atomic E-state index is 11.3. The molecule has 0 heterocycles. The van der Waals surface area contributed by atoms with Gasteiger partial charge >= 0.3 is 6.09 Å². The lowest BCUT2D eigenvalue weighted by molar-refractivity contribution is -0.108. The van der Waals surface area contributed by atoms with E-state index in [1.165, 1.54) is 11.9 Å². The number of rotatable bonds is 4. The molecule has 0 N–H and O–H groups in total. The maximum atomic E-state index is 11.3. The first kappa shape index (κ1) is 11.9. The number of ether oxygens (including phenoxy) is 1. The van der Waals surface area contributed by atoms with E-state index < -0.39 is 11.7 Å². The van der Waals surface area contributed by atoms with E-state index in [9.17, 15) is 9.59 Å². The van der Waals surface area contributed by atoms with Crippen molar-refractivity contribution < 1.29 is 14.3 Å². The van der Waals surface area contributed by atoms with Crippen LogP contribution in [-0.2, 0) is 9.53 Å². The first-order chi connectivity index (χ1) is 5.93. The number of hydrogen-bond acceptors (Lipinski definition) is 3. The van der Waals surface area contributed by atoms with Crippen LogP contribution < -0.4 is 0 Å². The monoisotopic (exact) mass is 187 g/mol. The number of nitrogens with zero attached hydrogens (tertiary/aromatic N) is 1. The van der Waals surface area contributed by atoms with Gasteiger partial charge in [-0.1, -0.05) is 6.92 Å². The van der Waals surface area contributed by atoms with Crippen molar-refractivity contribution in [2.75, 3.05) is 13.6 Å². The first-order valence-electron chi connectivity index (χ1n) is 4.30. The lowest BCUT2D eigenvalue weighted by atomic mass is 10.1. The molecule has 0 saturated carbocycles. The van der Waals surface area contributed by atoms with Crippen molar-refractivity contribution in [3.8, 4) is 0 Å². The Morgan fingerprint density at radius 3 is 2.46 bits per heavy atom. The van der Waals surface area contributed by atoms with Crippen molar-refractivity contribution >= 4 is 12.4 Å². The van der Waals surface area contributed by atoms with Crippen molar-refractivity contribution in [2.24, 2.45) is 0 Å². The van der Waals surface area contributed by atoms with Crippen LogP contribution in [0.1, 0.15) is 27.2 Å². The van der Waals surface area contributed by atoms with Gasteiger partial charge in [-0.3, -0.25) is 0 Å². The van der Waals surface area contributed by atoms with E-state index in [2.05, 4.69) is 0 Å². The Morgan fingerprint density at radius 2 is 2.08 bits per heavy atom. The summed E-state index contributed by atoms with van der Waals surface area (Å²) in [6.45, 7) is 5.67. The van der Waals surface area contributed by atoms with Crippen LogP contribution in [0.25, 0.3) is 0 Å². The molecule has 0 spiro atoms. The summed E-state index contributed by atoms with van der Waals surface area (Å²) in [5, 5.41) is 0. The first-order valence-corrected chi connectivity index (χ1v) is 4.30. The van der Waals surface area contributed by atoms with Crippen LogP contribution in [0, 0.1) is 0 Å². The zero-order valence-electron chi connectivity index (χ0n) is 8.66. The van der Waals surface area contributed by atoms with Crippen LogP contribution in [0.2, 0.25) is 0 Å². The average Bonchev–Trinajstić information content (AvgIpc) is 2.04. The molecule has 0 aliphatic carbocycles. The molecule has 4 heteroatoms. The van der Waals surface area contributed by atoms with Gasteiger partial charge in [0.05, 0.1) is 6.54 Å². The third kappa shape index (κ3) is 4.50. The summed E-state index contributed by atoms with van der Waals surface area (Å²) < 4.78 is 5.13. The minimum absolute atomic E-state index is 0.0681. The molecule has 0 saturated heterocycles. The Hall–Kier alpha value is -1.06. The molecule has 0 aromatic rings. The molecule has 0 unspecified atom stereocenters. The van der Waals surface area contributed by atoms with E-state index in [0.717, 1.165) is 6.42 Å². The number of carbonyl (C=O) groups is 2. The maximum Gasteiger partial charge on any atom is 0.410 e. The van der Waals surface area contributed by atoms with Crippen molar-refractivity contribution in [1.82, 2.24) is 4.90 Å². The predicted molar refractivity (Wildman–Crippen MR) is 49.5 cm³/mol. The van der Waals surface area contributed by atoms with Gasteiger partial charge in [-0.15, -0.1) is 0 Å². The largest absolute Gasteiger partial charge is 0.443 e. The van der Waals surface area contributed by atoms with Gasteiger partial charge in [0.15, 0.2) is 0 Å². The van der Waals surface area contributed by atoms with Gasteiger partial charge in [-0.05, 0) is 20.3 Å². The molecule has 76 valence electrons. The van der Waals surface area contributed by atoms with Crippen molar-refractivity contribution in [2.45, 2.75) is 32.8 Å². The van der Waals surface area contributed by atoms with Gasteiger partial charge in [0, 0.05) is 7.05 Å². The van der Waals surface area contributed by atoms with E-state index in [1.54, 1.807) is 0 Å². The van der Waals surface area contributed by atoms with Crippen molar-refractivity contribution in [1.29, 1.82) is 0 Å². The summed E-state index contributed by atoms with van der Waals surface area (Å²) in [6, 6.07) is 0. The van der Waals surface area contributed by atoms with Crippen LogP contribution in [-0.4, -0.2) is 36.5 Å². The standard InChI is InChI=1S/C9H17NO3/c1-5-9(2,3)13-8(12)10(4)6-7-11/h7H,5-6H2,1-4H3. The third-order valence-electron chi connectivity index (χ3n) is 1.88. The minimum Gasteiger partial charge on any atom is -0.443 e. The smallest absolute Gasteiger partial charge is 0.410 e. The van der Waals surface area contributed by atoms with Crippen molar-refractivity contribution in [3.05, 3.63) is 0 Å². The Kier molecular flexibility index (Phi) is 4.45. The zero-order chi connectivity index (χ0) is 10.5. The summed E-state index contributed by atoms with van der Waals surface area (Å²) in [5.74, 6) is 0. The molecule has 0 fully saturated rings. The highest BCUT2D eigenvalue weighted by molar-refractivity contribution is 5.71. The van der Waals surface area contributed by atoms with Gasteiger partial charge < -0.3 is 14.4 Å². The zero-order valence-corrected chi connectivity index (χ0v) is 8.66. The fourth-order valence-electron chi connectivity index (χ4n) is 0.573. The number of carbonyl (C=O) groups excluding carboxylic acids is 2. The van der Waals surface area contributed by atoms with Gasteiger partial charge in [0.2, 0.25) is 0 Å². The second kappa shape index (κ2) is 4.84. The Labute approximate surface area is 78.9 Å². The topological polar surface area (TPSA) is 46.6 Å². The summed E-state index contributed by atoms with van der Waals surface area (Å²) in [5.41, 5.74) is -0.464. The van der Waals surface area contributed by atoms with E-state index in [-0.39, 0.29) is 6.54 Å². The second-order valence-corrected chi connectivity index (χ2v) is 3.53. The van der Waals surface area contributed by atoms with E-state index >= 15 is 0 Å². The van der Waals surface area contributed by atoms with Gasteiger partial charge in [0.1, 0.15) is 11.9 Å². The van der Waals surface area contributed by atoms with Crippen molar-refractivity contribution in [3.63, 3.8) is 0 Å². The summed E-state index contributed by atoms with van der Waals surface area (Å²) in [4.78, 5) is 22.6. The SMILES string of the molecule is CCC(C)(C)OC(=O)N(C)CC=O. The van der Waals surface area contributed by atoms with Crippen LogP contribution in [0.4, 0.5) is 4.79 Å². The average molecular weight is 187 g/mol. The van der Waals surface area contributed by atoms with Crippen LogP contribution >= 0.6 is 0 Å². The highest BCUT2D eigenvalue weighted by atomic mass is 16.6. The van der Waals surface area contributed by atoms with Gasteiger partial charge in [-0.25, -0.2) is 4.79 Å². The second-order valence-electron chi connectivity index (χ2n) is 3.53. The van der Waals surface area contributed by atoms with E-state index in [1.807, 2.05) is 20.8 Å². The van der Waals surface area contributed by atoms with Crippen LogP contribution in [0.5, 0.6) is 0 Å². The fourth-order valence-corrected chi connectivity index (χ4v) is 0.573. The van der Waals surface area contributed by atoms with Crippen LogP contribution in [0.15, 0.2) is 0 Å². The summed E-state index contributed by atoms with van der Waals surface area (Å²) >= 11 is 0. The normalized spacial score (nSPS) is 10.8. The fraction of sp³-hybridized carbons (Fsp3) is 0.778. The Balaban J connectivity index is 4.06. The molecule has 1 amide bonds. The third-order valence-corrected chi connectivity index (χ3v) is 1.88. The predicted octanol–water partition coefficient (Wildman–Crippen LogP) is 1.44. The molecule has 0 atom stereocenters. The number of likely N-dealkylation sites (N-methyl/N-ethyl adjacent to an activating group) is 1. The van der Waals surface area contributed by atoms with E-state index in [0.29, 0.717) is 6.29 Å². The number of aldehydes is 1. The van der Waals surface area contributed by atoms with Gasteiger partial charge in [-0.2, -0.15) is 0 Å². The molecule has 4 nitrogen and oxygen atoms in total. The highest BCUT2D eigenvalue weighted by Crippen LogP contribution is 2.14. The Morgan fingerprint density at radius 1 is 1.54 bits per heavy atom. The molecule has 0 aliphatic rings.